The van der Waals surface area contributed by atoms with Gasteiger partial charge < -0.3 is 10.1 Å². The third kappa shape index (κ3) is 2.97. The highest BCUT2D eigenvalue weighted by Gasteiger charge is 2.06. The van der Waals surface area contributed by atoms with Crippen LogP contribution in [0.3, 0.4) is 0 Å². The molecule has 1 N–H and O–H groups in total. The Morgan fingerprint density at radius 1 is 1.18 bits per heavy atom. The van der Waals surface area contributed by atoms with E-state index in [1.807, 2.05) is 44.3 Å². The molecule has 0 aliphatic heterocycles. The number of pyridine rings is 1. The lowest BCUT2D eigenvalue weighted by Gasteiger charge is -2.15. The van der Waals surface area contributed by atoms with E-state index in [9.17, 15) is 0 Å². The molecule has 0 aliphatic rings. The van der Waals surface area contributed by atoms with Gasteiger partial charge >= 0.3 is 0 Å². The molecule has 0 saturated heterocycles. The second-order valence-corrected chi connectivity index (χ2v) is 3.80. The van der Waals surface area contributed by atoms with E-state index in [4.69, 9.17) is 4.74 Å². The number of anilines is 1. The molecule has 0 saturated carbocycles. The van der Waals surface area contributed by atoms with Crippen LogP contribution in [0.4, 0.5) is 5.82 Å². The van der Waals surface area contributed by atoms with E-state index >= 15 is 0 Å². The lowest BCUT2D eigenvalue weighted by molar-refractivity contribution is 0.227. The van der Waals surface area contributed by atoms with Crippen molar-refractivity contribution in [2.24, 2.45) is 0 Å². The quantitative estimate of drug-likeness (QED) is 0.872. The summed E-state index contributed by atoms with van der Waals surface area (Å²) >= 11 is 0. The van der Waals surface area contributed by atoms with Crippen LogP contribution in [0.1, 0.15) is 18.6 Å². The highest BCUT2D eigenvalue weighted by atomic mass is 16.5. The minimum Gasteiger partial charge on any atom is -0.486 e. The molecule has 17 heavy (non-hydrogen) atoms. The number of hydrogen-bond donors (Lipinski definition) is 1. The molecule has 0 bridgehead atoms. The Bertz CT molecular complexity index is 471. The fraction of sp³-hybridized carbons (Fsp3) is 0.214. The van der Waals surface area contributed by atoms with Crippen molar-refractivity contribution >= 4 is 5.82 Å². The average molecular weight is 228 g/mol. The summed E-state index contributed by atoms with van der Waals surface area (Å²) in [6.45, 7) is 2.04. The molecule has 1 unspecified atom stereocenters. The molecule has 2 rings (SSSR count). The summed E-state index contributed by atoms with van der Waals surface area (Å²) in [6, 6.07) is 13.9. The van der Waals surface area contributed by atoms with Crippen molar-refractivity contribution in [2.45, 2.75) is 13.0 Å². The lowest BCUT2D eigenvalue weighted by atomic mass is 10.1. The Hall–Kier alpha value is -2.03. The Balaban J connectivity index is 2.10. The van der Waals surface area contributed by atoms with Crippen molar-refractivity contribution in [2.75, 3.05) is 12.4 Å². The first kappa shape index (κ1) is 11.5. The molecular formula is C14H16N2O. The van der Waals surface area contributed by atoms with Gasteiger partial charge in [0, 0.05) is 19.3 Å². The fourth-order valence-electron chi connectivity index (χ4n) is 1.62. The van der Waals surface area contributed by atoms with Gasteiger partial charge in [0.05, 0.1) is 0 Å². The summed E-state index contributed by atoms with van der Waals surface area (Å²) in [5.41, 5.74) is 1.16. The number of nitrogens with one attached hydrogen (secondary N) is 1. The maximum atomic E-state index is 5.86. The van der Waals surface area contributed by atoms with E-state index in [1.54, 1.807) is 6.20 Å². The first-order valence-electron chi connectivity index (χ1n) is 5.65. The van der Waals surface area contributed by atoms with Crippen molar-refractivity contribution in [3.8, 4) is 5.75 Å². The number of rotatable bonds is 4. The Kier molecular flexibility index (Phi) is 3.60. The van der Waals surface area contributed by atoms with E-state index in [-0.39, 0.29) is 6.10 Å². The number of nitrogens with zero attached hydrogens (tertiary/aromatic N) is 1. The number of aromatic nitrogens is 1. The number of hydrogen-bond acceptors (Lipinski definition) is 3. The van der Waals surface area contributed by atoms with E-state index in [1.165, 1.54) is 0 Å². The highest BCUT2D eigenvalue weighted by Crippen LogP contribution is 2.22. The monoisotopic (exact) mass is 228 g/mol. The molecular weight excluding hydrogens is 212 g/mol. The molecule has 2 aromatic rings. The summed E-state index contributed by atoms with van der Waals surface area (Å²) < 4.78 is 5.86. The van der Waals surface area contributed by atoms with Crippen molar-refractivity contribution < 1.29 is 4.74 Å². The molecule has 0 amide bonds. The largest absolute Gasteiger partial charge is 0.486 e. The third-order valence-corrected chi connectivity index (χ3v) is 2.57. The predicted octanol–water partition coefficient (Wildman–Crippen LogP) is 3.26. The summed E-state index contributed by atoms with van der Waals surface area (Å²) in [7, 11) is 1.84. The zero-order valence-electron chi connectivity index (χ0n) is 10.1. The topological polar surface area (TPSA) is 34.1 Å². The molecule has 3 nitrogen and oxygen atoms in total. The van der Waals surface area contributed by atoms with Crippen LogP contribution in [0.5, 0.6) is 5.75 Å². The summed E-state index contributed by atoms with van der Waals surface area (Å²) in [5, 5.41) is 2.99. The van der Waals surface area contributed by atoms with E-state index < -0.39 is 0 Å². The molecule has 88 valence electrons. The standard InChI is InChI=1S/C14H16N2O/c1-11(12-6-4-3-5-7-12)17-13-8-9-16-14(10-13)15-2/h3-11H,1-2H3,(H,15,16). The van der Waals surface area contributed by atoms with Crippen molar-refractivity contribution in [1.29, 1.82) is 0 Å². The zero-order chi connectivity index (χ0) is 12.1. The van der Waals surface area contributed by atoms with Crippen molar-refractivity contribution in [3.63, 3.8) is 0 Å². The predicted molar refractivity (Wildman–Crippen MR) is 69.3 cm³/mol. The van der Waals surface area contributed by atoms with Crippen LogP contribution in [-0.4, -0.2) is 12.0 Å². The Morgan fingerprint density at radius 2 is 1.94 bits per heavy atom. The van der Waals surface area contributed by atoms with E-state index in [0.29, 0.717) is 0 Å². The van der Waals surface area contributed by atoms with Crippen LogP contribution < -0.4 is 10.1 Å². The van der Waals surface area contributed by atoms with Gasteiger partial charge in [-0.25, -0.2) is 4.98 Å². The first-order chi connectivity index (χ1) is 8.29. The van der Waals surface area contributed by atoms with E-state index in [0.717, 1.165) is 17.1 Å². The molecule has 0 radical (unpaired) electrons. The lowest BCUT2D eigenvalue weighted by Crippen LogP contribution is -2.03. The molecule has 1 aromatic carbocycles. The molecule has 3 heteroatoms. The smallest absolute Gasteiger partial charge is 0.129 e. The van der Waals surface area contributed by atoms with Crippen molar-refractivity contribution in [1.82, 2.24) is 4.98 Å². The van der Waals surface area contributed by atoms with Gasteiger partial charge in [0.1, 0.15) is 17.7 Å². The average Bonchev–Trinajstić information content (AvgIpc) is 2.40. The van der Waals surface area contributed by atoms with E-state index in [2.05, 4.69) is 22.4 Å². The normalized spacial score (nSPS) is 11.9. The zero-order valence-corrected chi connectivity index (χ0v) is 10.1. The number of ether oxygens (including phenoxy) is 1. The maximum absolute atomic E-state index is 5.86. The Labute approximate surface area is 101 Å². The van der Waals surface area contributed by atoms with Gasteiger partial charge in [-0.1, -0.05) is 30.3 Å². The minimum atomic E-state index is 0.0308. The van der Waals surface area contributed by atoms with Gasteiger partial charge in [-0.15, -0.1) is 0 Å². The third-order valence-electron chi connectivity index (χ3n) is 2.57. The molecule has 0 fully saturated rings. The molecule has 1 atom stereocenters. The fourth-order valence-corrected chi connectivity index (χ4v) is 1.62. The second kappa shape index (κ2) is 5.34. The van der Waals surface area contributed by atoms with Gasteiger partial charge in [-0.2, -0.15) is 0 Å². The van der Waals surface area contributed by atoms with Gasteiger partial charge in [0.25, 0.3) is 0 Å². The molecule has 1 heterocycles. The van der Waals surface area contributed by atoms with Crippen LogP contribution >= 0.6 is 0 Å². The Morgan fingerprint density at radius 3 is 2.65 bits per heavy atom. The summed E-state index contributed by atoms with van der Waals surface area (Å²) in [5.74, 6) is 1.63. The molecule has 0 aliphatic carbocycles. The van der Waals surface area contributed by atoms with Crippen molar-refractivity contribution in [3.05, 3.63) is 54.2 Å². The highest BCUT2D eigenvalue weighted by molar-refractivity contribution is 5.40. The van der Waals surface area contributed by atoms with Gasteiger partial charge in [-0.05, 0) is 18.6 Å². The molecule has 0 spiro atoms. The van der Waals surface area contributed by atoms with Gasteiger partial charge in [0.2, 0.25) is 0 Å². The van der Waals surface area contributed by atoms with Crippen LogP contribution in [0.2, 0.25) is 0 Å². The van der Waals surface area contributed by atoms with Gasteiger partial charge in [0.15, 0.2) is 0 Å². The SMILES string of the molecule is CNc1cc(OC(C)c2ccccc2)ccn1. The summed E-state index contributed by atoms with van der Waals surface area (Å²) in [6.07, 6.45) is 1.77. The van der Waals surface area contributed by atoms with Gasteiger partial charge in [-0.3, -0.25) is 0 Å². The number of benzene rings is 1. The maximum Gasteiger partial charge on any atom is 0.129 e. The summed E-state index contributed by atoms with van der Waals surface area (Å²) in [4.78, 5) is 4.15. The first-order valence-corrected chi connectivity index (χ1v) is 5.65. The minimum absolute atomic E-state index is 0.0308. The van der Waals surface area contributed by atoms with Crippen LogP contribution in [0.15, 0.2) is 48.7 Å². The molecule has 1 aromatic heterocycles. The van der Waals surface area contributed by atoms with Crippen LogP contribution in [0.25, 0.3) is 0 Å². The van der Waals surface area contributed by atoms with Crippen LogP contribution in [0, 0.1) is 0 Å². The van der Waals surface area contributed by atoms with Crippen LogP contribution in [-0.2, 0) is 0 Å². The second-order valence-electron chi connectivity index (χ2n) is 3.80.